The number of rotatable bonds is 4. The van der Waals surface area contributed by atoms with Crippen molar-refractivity contribution < 1.29 is 0 Å². The number of para-hydroxylation sites is 2. The molecular formula is C43H28N2. The van der Waals surface area contributed by atoms with E-state index in [1.54, 1.807) is 0 Å². The Kier molecular flexibility index (Phi) is 5.85. The minimum Gasteiger partial charge on any atom is -0.309 e. The molecule has 0 aliphatic carbocycles. The van der Waals surface area contributed by atoms with Crippen molar-refractivity contribution in [3.05, 3.63) is 170 Å². The molecule has 9 rings (SSSR count). The van der Waals surface area contributed by atoms with E-state index in [0.29, 0.717) is 0 Å². The Morgan fingerprint density at radius 1 is 0.356 bits per heavy atom. The molecule has 0 aliphatic rings. The second-order valence-electron chi connectivity index (χ2n) is 11.6. The molecule has 0 atom stereocenters. The summed E-state index contributed by atoms with van der Waals surface area (Å²) in [6.07, 6.45) is 1.86. The summed E-state index contributed by atoms with van der Waals surface area (Å²) in [5.74, 6) is 0. The first kappa shape index (κ1) is 25.5. The maximum absolute atomic E-state index is 4.63. The molecule has 0 saturated carbocycles. The van der Waals surface area contributed by atoms with Gasteiger partial charge in [0.15, 0.2) is 0 Å². The van der Waals surface area contributed by atoms with Crippen LogP contribution in [0, 0.1) is 0 Å². The molecule has 2 heterocycles. The second-order valence-corrected chi connectivity index (χ2v) is 11.6. The van der Waals surface area contributed by atoms with E-state index in [1.165, 1.54) is 65.6 Å². The Labute approximate surface area is 261 Å². The standard InChI is InChI=1S/C43H28N2/c1-3-21-37-35(19-1)42(30-14-11-13-29(27-30)39-23-9-10-26-44-39)36-20-2-4-22-38(36)43(37)31-15-12-16-32(28-31)45-40-24-7-5-17-33(40)34-18-6-8-25-41(34)45/h1-28H. The molecule has 0 spiro atoms. The highest BCUT2D eigenvalue weighted by atomic mass is 15.0. The number of aromatic nitrogens is 2. The highest BCUT2D eigenvalue weighted by Gasteiger charge is 2.18. The molecule has 9 aromatic rings. The summed E-state index contributed by atoms with van der Waals surface area (Å²) < 4.78 is 2.40. The van der Waals surface area contributed by atoms with Gasteiger partial charge in [0.05, 0.1) is 16.7 Å². The molecule has 0 saturated heterocycles. The zero-order chi connectivity index (χ0) is 29.7. The van der Waals surface area contributed by atoms with E-state index >= 15 is 0 Å². The normalized spacial score (nSPS) is 11.6. The van der Waals surface area contributed by atoms with Gasteiger partial charge in [-0.1, -0.05) is 121 Å². The number of benzene rings is 7. The predicted molar refractivity (Wildman–Crippen MR) is 190 cm³/mol. The van der Waals surface area contributed by atoms with Crippen LogP contribution in [0.2, 0.25) is 0 Å². The first-order valence-electron chi connectivity index (χ1n) is 15.4. The lowest BCUT2D eigenvalue weighted by Gasteiger charge is -2.19. The number of nitrogens with zero attached hydrogens (tertiary/aromatic N) is 2. The van der Waals surface area contributed by atoms with E-state index in [9.17, 15) is 0 Å². The van der Waals surface area contributed by atoms with Crippen LogP contribution in [0.15, 0.2) is 170 Å². The van der Waals surface area contributed by atoms with Crippen LogP contribution < -0.4 is 0 Å². The van der Waals surface area contributed by atoms with Crippen molar-refractivity contribution in [3.63, 3.8) is 0 Å². The van der Waals surface area contributed by atoms with E-state index < -0.39 is 0 Å². The number of pyridine rings is 1. The van der Waals surface area contributed by atoms with Crippen molar-refractivity contribution >= 4 is 43.4 Å². The molecule has 2 aromatic heterocycles. The highest BCUT2D eigenvalue weighted by molar-refractivity contribution is 6.21. The van der Waals surface area contributed by atoms with E-state index in [4.69, 9.17) is 0 Å². The Hall–Kier alpha value is -5.99. The van der Waals surface area contributed by atoms with Gasteiger partial charge in [0.1, 0.15) is 0 Å². The van der Waals surface area contributed by atoms with Gasteiger partial charge in [0.2, 0.25) is 0 Å². The first-order valence-corrected chi connectivity index (χ1v) is 15.4. The minimum absolute atomic E-state index is 0.978. The van der Waals surface area contributed by atoms with Crippen LogP contribution in [0.5, 0.6) is 0 Å². The maximum atomic E-state index is 4.63. The fraction of sp³-hybridized carbons (Fsp3) is 0. The molecule has 0 bridgehead atoms. The van der Waals surface area contributed by atoms with Crippen molar-refractivity contribution in [2.75, 3.05) is 0 Å². The maximum Gasteiger partial charge on any atom is 0.0702 e. The summed E-state index contributed by atoms with van der Waals surface area (Å²) in [7, 11) is 0. The smallest absolute Gasteiger partial charge is 0.0702 e. The van der Waals surface area contributed by atoms with Crippen LogP contribution in [-0.4, -0.2) is 9.55 Å². The Bertz CT molecular complexity index is 2430. The molecular weight excluding hydrogens is 544 g/mol. The van der Waals surface area contributed by atoms with Gasteiger partial charge >= 0.3 is 0 Å². The van der Waals surface area contributed by atoms with Gasteiger partial charge in [0, 0.05) is 28.2 Å². The summed E-state index contributed by atoms with van der Waals surface area (Å²) in [6.45, 7) is 0. The van der Waals surface area contributed by atoms with Gasteiger partial charge in [-0.3, -0.25) is 4.98 Å². The summed E-state index contributed by atoms with van der Waals surface area (Å²) in [6, 6.07) is 59.0. The quantitative estimate of drug-likeness (QED) is 0.192. The molecule has 0 radical (unpaired) electrons. The fourth-order valence-electron chi connectivity index (χ4n) is 7.12. The number of hydrogen-bond acceptors (Lipinski definition) is 1. The average molecular weight is 573 g/mol. The molecule has 2 heteroatoms. The Balaban J connectivity index is 1.31. The predicted octanol–water partition coefficient (Wildman–Crippen LogP) is 11.5. The van der Waals surface area contributed by atoms with E-state index in [2.05, 4.69) is 161 Å². The van der Waals surface area contributed by atoms with Gasteiger partial charge in [-0.2, -0.15) is 0 Å². The first-order chi connectivity index (χ1) is 22.3. The van der Waals surface area contributed by atoms with Crippen molar-refractivity contribution in [3.8, 4) is 39.2 Å². The van der Waals surface area contributed by atoms with Gasteiger partial charge in [0.25, 0.3) is 0 Å². The molecule has 210 valence electrons. The third-order valence-corrected chi connectivity index (χ3v) is 9.02. The van der Waals surface area contributed by atoms with Gasteiger partial charge < -0.3 is 4.57 Å². The third-order valence-electron chi connectivity index (χ3n) is 9.02. The monoisotopic (exact) mass is 572 g/mol. The summed E-state index contributed by atoms with van der Waals surface area (Å²) in [5, 5.41) is 7.51. The van der Waals surface area contributed by atoms with Gasteiger partial charge in [-0.15, -0.1) is 0 Å². The van der Waals surface area contributed by atoms with Crippen LogP contribution in [0.1, 0.15) is 0 Å². The second kappa shape index (κ2) is 10.3. The lowest BCUT2D eigenvalue weighted by Crippen LogP contribution is -1.95. The van der Waals surface area contributed by atoms with Crippen LogP contribution in [0.3, 0.4) is 0 Å². The SMILES string of the molecule is c1ccc(-c2cccc(-c3c4ccccc4c(-c4cccc(-n5c6ccccc6c6ccccc65)c4)c4ccccc34)c2)nc1. The van der Waals surface area contributed by atoms with E-state index in [1.807, 2.05) is 18.3 Å². The zero-order valence-corrected chi connectivity index (χ0v) is 24.6. The Morgan fingerprint density at radius 3 is 1.38 bits per heavy atom. The van der Waals surface area contributed by atoms with Crippen LogP contribution >= 0.6 is 0 Å². The van der Waals surface area contributed by atoms with Crippen LogP contribution in [0.25, 0.3) is 82.5 Å². The minimum atomic E-state index is 0.978. The van der Waals surface area contributed by atoms with Crippen molar-refractivity contribution in [1.29, 1.82) is 0 Å². The van der Waals surface area contributed by atoms with Crippen molar-refractivity contribution in [2.45, 2.75) is 0 Å². The molecule has 2 nitrogen and oxygen atoms in total. The van der Waals surface area contributed by atoms with E-state index in [-0.39, 0.29) is 0 Å². The highest BCUT2D eigenvalue weighted by Crippen LogP contribution is 2.44. The van der Waals surface area contributed by atoms with Crippen LogP contribution in [-0.2, 0) is 0 Å². The van der Waals surface area contributed by atoms with Crippen LogP contribution in [0.4, 0.5) is 0 Å². The lowest BCUT2D eigenvalue weighted by molar-refractivity contribution is 1.18. The van der Waals surface area contributed by atoms with Crippen molar-refractivity contribution in [1.82, 2.24) is 9.55 Å². The Morgan fingerprint density at radius 2 is 0.822 bits per heavy atom. The molecule has 0 amide bonds. The third kappa shape index (κ3) is 4.07. The van der Waals surface area contributed by atoms with Gasteiger partial charge in [-0.05, 0) is 86.3 Å². The summed E-state index contributed by atoms with van der Waals surface area (Å²) in [5.41, 5.74) is 10.6. The zero-order valence-electron chi connectivity index (χ0n) is 24.6. The fourth-order valence-corrected chi connectivity index (χ4v) is 7.12. The molecule has 0 aliphatic heterocycles. The number of hydrogen-bond donors (Lipinski definition) is 0. The number of fused-ring (bicyclic) bond motifs is 5. The van der Waals surface area contributed by atoms with Gasteiger partial charge in [-0.25, -0.2) is 0 Å². The van der Waals surface area contributed by atoms with Crippen molar-refractivity contribution in [2.24, 2.45) is 0 Å². The topological polar surface area (TPSA) is 17.8 Å². The molecule has 0 N–H and O–H groups in total. The molecule has 45 heavy (non-hydrogen) atoms. The molecule has 0 unspecified atom stereocenters. The summed E-state index contributed by atoms with van der Waals surface area (Å²) in [4.78, 5) is 4.63. The molecule has 0 fully saturated rings. The summed E-state index contributed by atoms with van der Waals surface area (Å²) >= 11 is 0. The average Bonchev–Trinajstić information content (AvgIpc) is 3.45. The molecule has 7 aromatic carbocycles. The largest absolute Gasteiger partial charge is 0.309 e. The van der Waals surface area contributed by atoms with E-state index in [0.717, 1.165) is 16.9 Å². The lowest BCUT2D eigenvalue weighted by atomic mass is 9.85.